The van der Waals surface area contributed by atoms with Crippen LogP contribution in [0.2, 0.25) is 0 Å². The topological polar surface area (TPSA) is 62.3 Å². The van der Waals surface area contributed by atoms with Crippen LogP contribution in [-0.2, 0) is 10.3 Å². The molecule has 1 aromatic heterocycles. The number of hydrogen-bond donors (Lipinski definition) is 1. The Morgan fingerprint density at radius 3 is 2.67 bits per heavy atom. The number of benzene rings is 1. The lowest BCUT2D eigenvalue weighted by Crippen LogP contribution is -2.32. The summed E-state index contributed by atoms with van der Waals surface area (Å²) < 4.78 is 12.5. The third-order valence-electron chi connectivity index (χ3n) is 2.99. The molecule has 2 N–H and O–H groups in total. The summed E-state index contributed by atoms with van der Waals surface area (Å²) in [6.45, 7) is 4.68. The van der Waals surface area contributed by atoms with Gasteiger partial charge in [0.1, 0.15) is 5.75 Å². The number of aromatic nitrogens is 2. The van der Waals surface area contributed by atoms with Crippen LogP contribution in [-0.4, -0.2) is 30.4 Å². The van der Waals surface area contributed by atoms with Gasteiger partial charge in [0.15, 0.2) is 0 Å². The molecule has 0 aliphatic heterocycles. The second-order valence-corrected chi connectivity index (χ2v) is 4.91. The van der Waals surface area contributed by atoms with Gasteiger partial charge in [-0.1, -0.05) is 0 Å². The Hall–Kier alpha value is -1.75. The van der Waals surface area contributed by atoms with Gasteiger partial charge in [-0.3, -0.25) is 0 Å². The molecule has 98 valence electrons. The van der Waals surface area contributed by atoms with Crippen LogP contribution in [0.15, 0.2) is 18.2 Å². The van der Waals surface area contributed by atoms with Crippen molar-refractivity contribution in [1.29, 1.82) is 0 Å². The number of anilines is 1. The van der Waals surface area contributed by atoms with Gasteiger partial charge in [-0.2, -0.15) is 0 Å². The van der Waals surface area contributed by atoms with E-state index >= 15 is 0 Å². The molecule has 0 amide bonds. The number of rotatable bonds is 4. The molecule has 5 heteroatoms. The highest BCUT2D eigenvalue weighted by molar-refractivity contribution is 5.80. The molecule has 0 saturated heterocycles. The first-order valence-corrected chi connectivity index (χ1v) is 5.81. The minimum Gasteiger partial charge on any atom is -0.497 e. The highest BCUT2D eigenvalue weighted by atomic mass is 16.5. The Labute approximate surface area is 107 Å². The molecule has 0 unspecified atom stereocenters. The van der Waals surface area contributed by atoms with Crippen molar-refractivity contribution in [3.63, 3.8) is 0 Å². The number of methoxy groups -OCH3 is 2. The average Bonchev–Trinajstić information content (AvgIpc) is 2.64. The SMILES string of the molecule is COCC(C)(C)n1c(N)nc2ccc(OC)cc21. The van der Waals surface area contributed by atoms with Gasteiger partial charge in [-0.25, -0.2) is 4.98 Å². The minimum absolute atomic E-state index is 0.264. The normalized spacial score (nSPS) is 12.0. The van der Waals surface area contributed by atoms with Crippen LogP contribution >= 0.6 is 0 Å². The van der Waals surface area contributed by atoms with Gasteiger partial charge < -0.3 is 19.8 Å². The Kier molecular flexibility index (Phi) is 3.17. The largest absolute Gasteiger partial charge is 0.497 e. The fourth-order valence-electron chi connectivity index (χ4n) is 2.25. The summed E-state index contributed by atoms with van der Waals surface area (Å²) in [6, 6.07) is 5.72. The summed E-state index contributed by atoms with van der Waals surface area (Å²) in [5.41, 5.74) is 7.56. The predicted molar refractivity (Wildman–Crippen MR) is 71.9 cm³/mol. The van der Waals surface area contributed by atoms with E-state index < -0.39 is 0 Å². The maximum absolute atomic E-state index is 6.02. The van der Waals surface area contributed by atoms with Crippen molar-refractivity contribution in [2.75, 3.05) is 26.6 Å². The van der Waals surface area contributed by atoms with Crippen molar-refractivity contribution < 1.29 is 9.47 Å². The molecule has 2 aromatic rings. The van der Waals surface area contributed by atoms with Crippen LogP contribution in [0.5, 0.6) is 5.75 Å². The molecule has 0 aliphatic rings. The van der Waals surface area contributed by atoms with E-state index in [4.69, 9.17) is 15.2 Å². The molecule has 18 heavy (non-hydrogen) atoms. The zero-order valence-corrected chi connectivity index (χ0v) is 11.2. The van der Waals surface area contributed by atoms with E-state index in [9.17, 15) is 0 Å². The van der Waals surface area contributed by atoms with E-state index in [2.05, 4.69) is 18.8 Å². The predicted octanol–water partition coefficient (Wildman–Crippen LogP) is 2.01. The summed E-state index contributed by atoms with van der Waals surface area (Å²) in [6.07, 6.45) is 0. The third-order valence-corrected chi connectivity index (χ3v) is 2.99. The lowest BCUT2D eigenvalue weighted by Gasteiger charge is -2.27. The van der Waals surface area contributed by atoms with Gasteiger partial charge in [-0.05, 0) is 26.0 Å². The molecule has 0 bridgehead atoms. The van der Waals surface area contributed by atoms with Crippen molar-refractivity contribution in [2.45, 2.75) is 19.4 Å². The number of imidazole rings is 1. The number of fused-ring (bicyclic) bond motifs is 1. The second kappa shape index (κ2) is 4.49. The third kappa shape index (κ3) is 2.01. The molecule has 0 fully saturated rings. The van der Waals surface area contributed by atoms with Crippen LogP contribution < -0.4 is 10.5 Å². The van der Waals surface area contributed by atoms with E-state index in [1.165, 1.54) is 0 Å². The molecular weight excluding hydrogens is 230 g/mol. The number of nitrogen functional groups attached to an aromatic ring is 1. The van der Waals surface area contributed by atoms with Crippen molar-refractivity contribution in [3.8, 4) is 5.75 Å². The summed E-state index contributed by atoms with van der Waals surface area (Å²) in [7, 11) is 3.32. The Morgan fingerprint density at radius 2 is 2.06 bits per heavy atom. The standard InChI is InChI=1S/C13H19N3O2/c1-13(2,8-17-3)16-11-7-9(18-4)5-6-10(11)15-12(16)14/h5-7H,8H2,1-4H3,(H2,14,15). The first-order valence-electron chi connectivity index (χ1n) is 5.81. The van der Waals surface area contributed by atoms with E-state index in [1.807, 2.05) is 22.8 Å². The molecule has 2 rings (SSSR count). The fourth-order valence-corrected chi connectivity index (χ4v) is 2.25. The van der Waals surface area contributed by atoms with Crippen molar-refractivity contribution in [1.82, 2.24) is 9.55 Å². The fraction of sp³-hybridized carbons (Fsp3) is 0.462. The molecule has 0 saturated carbocycles. The number of hydrogen-bond acceptors (Lipinski definition) is 4. The minimum atomic E-state index is -0.264. The number of nitrogens with two attached hydrogens (primary N) is 1. The van der Waals surface area contributed by atoms with Gasteiger partial charge in [0.2, 0.25) is 5.95 Å². The van der Waals surface area contributed by atoms with E-state index in [1.54, 1.807) is 14.2 Å². The molecule has 1 heterocycles. The maximum Gasteiger partial charge on any atom is 0.201 e. The Morgan fingerprint density at radius 1 is 1.33 bits per heavy atom. The first kappa shape index (κ1) is 12.7. The summed E-state index contributed by atoms with van der Waals surface area (Å²) in [5, 5.41) is 0. The molecule has 0 radical (unpaired) electrons. The van der Waals surface area contributed by atoms with Crippen LogP contribution in [0, 0.1) is 0 Å². The quantitative estimate of drug-likeness (QED) is 0.900. The summed E-state index contributed by atoms with van der Waals surface area (Å²) in [5.74, 6) is 1.28. The van der Waals surface area contributed by atoms with E-state index in [0.717, 1.165) is 16.8 Å². The number of ether oxygens (including phenoxy) is 2. The van der Waals surface area contributed by atoms with Gasteiger partial charge >= 0.3 is 0 Å². The highest BCUT2D eigenvalue weighted by Crippen LogP contribution is 2.29. The lowest BCUT2D eigenvalue weighted by molar-refractivity contribution is 0.113. The number of nitrogens with zero attached hydrogens (tertiary/aromatic N) is 2. The lowest BCUT2D eigenvalue weighted by atomic mass is 10.1. The molecule has 1 aromatic carbocycles. The first-order chi connectivity index (χ1) is 8.49. The van der Waals surface area contributed by atoms with Crippen molar-refractivity contribution in [3.05, 3.63) is 18.2 Å². The molecule has 0 spiro atoms. The zero-order valence-electron chi connectivity index (χ0n) is 11.2. The van der Waals surface area contributed by atoms with E-state index in [0.29, 0.717) is 12.6 Å². The molecular formula is C13H19N3O2. The maximum atomic E-state index is 6.02. The zero-order chi connectivity index (χ0) is 13.3. The van der Waals surface area contributed by atoms with Crippen LogP contribution in [0.1, 0.15) is 13.8 Å². The van der Waals surface area contributed by atoms with Gasteiger partial charge in [0, 0.05) is 13.2 Å². The Balaban J connectivity index is 2.64. The van der Waals surface area contributed by atoms with Gasteiger partial charge in [0.05, 0.1) is 30.3 Å². The van der Waals surface area contributed by atoms with Crippen LogP contribution in [0.25, 0.3) is 11.0 Å². The molecule has 0 aliphatic carbocycles. The Bertz CT molecular complexity index is 561. The highest BCUT2D eigenvalue weighted by Gasteiger charge is 2.25. The van der Waals surface area contributed by atoms with E-state index in [-0.39, 0.29) is 5.54 Å². The van der Waals surface area contributed by atoms with Gasteiger partial charge in [-0.15, -0.1) is 0 Å². The monoisotopic (exact) mass is 249 g/mol. The molecule has 5 nitrogen and oxygen atoms in total. The molecule has 0 atom stereocenters. The summed E-state index contributed by atoms with van der Waals surface area (Å²) in [4.78, 5) is 4.37. The van der Waals surface area contributed by atoms with Crippen LogP contribution in [0.4, 0.5) is 5.95 Å². The van der Waals surface area contributed by atoms with Crippen molar-refractivity contribution in [2.24, 2.45) is 0 Å². The van der Waals surface area contributed by atoms with Crippen LogP contribution in [0.3, 0.4) is 0 Å². The smallest absolute Gasteiger partial charge is 0.201 e. The summed E-state index contributed by atoms with van der Waals surface area (Å²) >= 11 is 0. The van der Waals surface area contributed by atoms with Crippen molar-refractivity contribution >= 4 is 17.0 Å². The van der Waals surface area contributed by atoms with Gasteiger partial charge in [0.25, 0.3) is 0 Å². The average molecular weight is 249 g/mol. The second-order valence-electron chi connectivity index (χ2n) is 4.91.